The van der Waals surface area contributed by atoms with E-state index >= 15 is 0 Å². The Morgan fingerprint density at radius 1 is 1.10 bits per heavy atom. The summed E-state index contributed by atoms with van der Waals surface area (Å²) in [6.07, 6.45) is 5.26. The van der Waals surface area contributed by atoms with Crippen LogP contribution in [0.25, 0.3) is 0 Å². The van der Waals surface area contributed by atoms with Crippen LogP contribution in [0.2, 0.25) is 0 Å². The van der Waals surface area contributed by atoms with Gasteiger partial charge in [-0.15, -0.1) is 11.8 Å². The maximum absolute atomic E-state index is 4.46. The average Bonchev–Trinajstić information content (AvgIpc) is 3.03. The van der Waals surface area contributed by atoms with Gasteiger partial charge >= 0.3 is 0 Å². The number of rotatable bonds is 4. The predicted octanol–water partition coefficient (Wildman–Crippen LogP) is 3.02. The van der Waals surface area contributed by atoms with Crippen molar-refractivity contribution in [1.82, 2.24) is 4.98 Å². The van der Waals surface area contributed by atoms with Gasteiger partial charge in [-0.2, -0.15) is 5.10 Å². The minimum Gasteiger partial charge on any atom is -0.279 e. The first-order valence-corrected chi connectivity index (χ1v) is 7.37. The van der Waals surface area contributed by atoms with Gasteiger partial charge in [0.25, 0.3) is 0 Å². The zero-order chi connectivity index (χ0) is 13.6. The summed E-state index contributed by atoms with van der Waals surface area (Å²) in [6.45, 7) is 0.927. The Morgan fingerprint density at radius 3 is 2.60 bits per heavy atom. The zero-order valence-corrected chi connectivity index (χ0v) is 11.7. The van der Waals surface area contributed by atoms with Crippen molar-refractivity contribution in [3.8, 4) is 0 Å². The summed E-state index contributed by atoms with van der Waals surface area (Å²) in [7, 11) is 0. The Bertz CT molecular complexity index is 620. The minimum atomic E-state index is 0.927. The lowest BCUT2D eigenvalue weighted by Crippen LogP contribution is -1.94. The highest BCUT2D eigenvalue weighted by Crippen LogP contribution is 2.20. The molecule has 1 aliphatic rings. The molecule has 100 valence electrons. The molecule has 0 spiro atoms. The molecule has 2 aromatic rings. The molecule has 0 atom stereocenters. The van der Waals surface area contributed by atoms with Crippen LogP contribution in [0.3, 0.4) is 0 Å². The molecule has 3 rings (SSSR count). The zero-order valence-electron chi connectivity index (χ0n) is 10.9. The first-order chi connectivity index (χ1) is 9.92. The summed E-state index contributed by atoms with van der Waals surface area (Å²) in [5.41, 5.74) is 6.17. The normalized spacial score (nSPS) is 14.5. The molecule has 1 aliphatic heterocycles. The number of anilines is 1. The van der Waals surface area contributed by atoms with Crippen LogP contribution in [0.4, 0.5) is 5.69 Å². The van der Waals surface area contributed by atoms with Crippen molar-refractivity contribution in [3.63, 3.8) is 0 Å². The van der Waals surface area contributed by atoms with Crippen LogP contribution in [0, 0.1) is 0 Å². The molecule has 0 fully saturated rings. The van der Waals surface area contributed by atoms with Gasteiger partial charge < -0.3 is 0 Å². The lowest BCUT2D eigenvalue weighted by atomic mass is 10.2. The van der Waals surface area contributed by atoms with Gasteiger partial charge in [-0.05, 0) is 29.8 Å². The third-order valence-corrected chi connectivity index (χ3v) is 3.86. The molecule has 0 amide bonds. The Labute approximate surface area is 122 Å². The lowest BCUT2D eigenvalue weighted by molar-refractivity contribution is 1.17. The number of hydrogen-bond acceptors (Lipinski definition) is 5. The van der Waals surface area contributed by atoms with E-state index in [2.05, 4.69) is 32.6 Å². The van der Waals surface area contributed by atoms with Crippen molar-refractivity contribution in [2.24, 2.45) is 10.1 Å². The number of aliphatic imine (C=N–C) groups is 1. The first kappa shape index (κ1) is 12.9. The van der Waals surface area contributed by atoms with Crippen molar-refractivity contribution in [2.45, 2.75) is 0 Å². The minimum absolute atomic E-state index is 0.927. The second-order valence-corrected chi connectivity index (χ2v) is 5.35. The fourth-order valence-electron chi connectivity index (χ4n) is 1.83. The van der Waals surface area contributed by atoms with Crippen LogP contribution in [0.5, 0.6) is 0 Å². The molecule has 4 nitrogen and oxygen atoms in total. The molecule has 0 saturated heterocycles. The molecule has 0 radical (unpaired) electrons. The summed E-state index contributed by atoms with van der Waals surface area (Å²) < 4.78 is 0. The van der Waals surface area contributed by atoms with Crippen molar-refractivity contribution >= 4 is 28.7 Å². The number of hydrazone groups is 1. The number of nitrogens with zero attached hydrogens (tertiary/aromatic N) is 3. The second-order valence-electron chi connectivity index (χ2n) is 4.26. The molecule has 1 N–H and O–H groups in total. The van der Waals surface area contributed by atoms with Crippen LogP contribution in [0.15, 0.2) is 58.9 Å². The number of pyridine rings is 1. The SMILES string of the molecule is C(=N\Nc1ccc(C2=NCCS2)cc1)/c1ccncc1. The standard InChI is InChI=1S/C15H14N4S/c1-3-14(4-2-13(1)15-17-9-10-20-15)19-18-11-12-5-7-16-8-6-12/h1-8,11,19H,9-10H2/b18-11+. The predicted molar refractivity (Wildman–Crippen MR) is 85.8 cm³/mol. The summed E-state index contributed by atoms with van der Waals surface area (Å²) in [6, 6.07) is 12.0. The van der Waals surface area contributed by atoms with Crippen molar-refractivity contribution in [1.29, 1.82) is 0 Å². The molecule has 20 heavy (non-hydrogen) atoms. The summed E-state index contributed by atoms with van der Waals surface area (Å²) in [5, 5.41) is 5.34. The molecule has 1 aromatic carbocycles. The van der Waals surface area contributed by atoms with Gasteiger partial charge in [0.15, 0.2) is 0 Å². The number of hydrogen-bond donors (Lipinski definition) is 1. The molecule has 0 unspecified atom stereocenters. The second kappa shape index (κ2) is 6.34. The van der Waals surface area contributed by atoms with Crippen molar-refractivity contribution in [3.05, 3.63) is 59.9 Å². The molecular weight excluding hydrogens is 268 g/mol. The van der Waals surface area contributed by atoms with Gasteiger partial charge in [0.05, 0.1) is 16.9 Å². The monoisotopic (exact) mass is 282 g/mol. The topological polar surface area (TPSA) is 49.6 Å². The van der Waals surface area contributed by atoms with E-state index in [1.54, 1.807) is 18.6 Å². The Hall–Kier alpha value is -2.14. The maximum atomic E-state index is 4.46. The summed E-state index contributed by atoms with van der Waals surface area (Å²) in [4.78, 5) is 8.42. The van der Waals surface area contributed by atoms with E-state index in [9.17, 15) is 0 Å². The molecule has 0 saturated carbocycles. The van der Waals surface area contributed by atoms with Gasteiger partial charge in [-0.3, -0.25) is 15.4 Å². The van der Waals surface area contributed by atoms with Crippen LogP contribution in [-0.4, -0.2) is 28.5 Å². The van der Waals surface area contributed by atoms with E-state index in [0.29, 0.717) is 0 Å². The van der Waals surface area contributed by atoms with E-state index in [1.165, 1.54) is 5.56 Å². The fourth-order valence-corrected chi connectivity index (χ4v) is 2.69. The maximum Gasteiger partial charge on any atom is 0.0977 e. The van der Waals surface area contributed by atoms with Crippen LogP contribution >= 0.6 is 11.8 Å². The Balaban J connectivity index is 1.62. The van der Waals surface area contributed by atoms with E-state index in [0.717, 1.165) is 28.6 Å². The molecule has 1 aromatic heterocycles. The number of aromatic nitrogens is 1. The number of benzene rings is 1. The van der Waals surface area contributed by atoms with Crippen LogP contribution < -0.4 is 5.43 Å². The summed E-state index contributed by atoms with van der Waals surface area (Å²) >= 11 is 1.81. The third-order valence-electron chi connectivity index (χ3n) is 2.83. The van der Waals surface area contributed by atoms with E-state index in [-0.39, 0.29) is 0 Å². The summed E-state index contributed by atoms with van der Waals surface area (Å²) in [5.74, 6) is 1.09. The highest BCUT2D eigenvalue weighted by atomic mass is 32.2. The Kier molecular flexibility index (Phi) is 4.08. The van der Waals surface area contributed by atoms with Gasteiger partial charge in [-0.25, -0.2) is 0 Å². The highest BCUT2D eigenvalue weighted by molar-refractivity contribution is 8.14. The van der Waals surface area contributed by atoms with Crippen LogP contribution in [-0.2, 0) is 0 Å². The first-order valence-electron chi connectivity index (χ1n) is 6.38. The average molecular weight is 282 g/mol. The van der Waals surface area contributed by atoms with Crippen molar-refractivity contribution < 1.29 is 0 Å². The molecule has 0 aliphatic carbocycles. The van der Waals surface area contributed by atoms with Gasteiger partial charge in [0, 0.05) is 30.3 Å². The van der Waals surface area contributed by atoms with Crippen LogP contribution in [0.1, 0.15) is 11.1 Å². The van der Waals surface area contributed by atoms with E-state index < -0.39 is 0 Å². The van der Waals surface area contributed by atoms with E-state index in [4.69, 9.17) is 0 Å². The molecular formula is C15H14N4S. The van der Waals surface area contributed by atoms with E-state index in [1.807, 2.05) is 36.0 Å². The number of thioether (sulfide) groups is 1. The molecule has 0 bridgehead atoms. The molecule has 2 heterocycles. The number of nitrogens with one attached hydrogen (secondary N) is 1. The fraction of sp³-hybridized carbons (Fsp3) is 0.133. The Morgan fingerprint density at radius 2 is 1.90 bits per heavy atom. The quantitative estimate of drug-likeness (QED) is 0.692. The van der Waals surface area contributed by atoms with Gasteiger partial charge in [-0.1, -0.05) is 12.1 Å². The van der Waals surface area contributed by atoms with Gasteiger partial charge in [0.1, 0.15) is 0 Å². The smallest absolute Gasteiger partial charge is 0.0977 e. The lowest BCUT2D eigenvalue weighted by Gasteiger charge is -2.03. The highest BCUT2D eigenvalue weighted by Gasteiger charge is 2.08. The largest absolute Gasteiger partial charge is 0.279 e. The third kappa shape index (κ3) is 3.24. The van der Waals surface area contributed by atoms with Gasteiger partial charge in [0.2, 0.25) is 0 Å². The van der Waals surface area contributed by atoms with Crippen molar-refractivity contribution in [2.75, 3.05) is 17.7 Å². The molecule has 5 heteroatoms.